The Balaban J connectivity index is 2.64. The van der Waals surface area contributed by atoms with Crippen molar-refractivity contribution < 1.29 is 18.0 Å². The number of hydrogen-bond acceptors (Lipinski definition) is 1. The Morgan fingerprint density at radius 3 is 2.31 bits per heavy atom. The summed E-state index contributed by atoms with van der Waals surface area (Å²) in [6, 6.07) is 1.25. The van der Waals surface area contributed by atoms with E-state index < -0.39 is 17.5 Å². The van der Waals surface area contributed by atoms with Gasteiger partial charge in [0.15, 0.2) is 0 Å². The lowest BCUT2D eigenvalue weighted by molar-refractivity contribution is -0.120. The highest BCUT2D eigenvalue weighted by Gasteiger charge is 2.11. The number of halogens is 3. The molecule has 0 bridgehead atoms. The lowest BCUT2D eigenvalue weighted by atomic mass is 10.1. The smallest absolute Gasteiger partial charge is 0.219 e. The molecule has 1 rings (SSSR count). The Bertz CT molecular complexity index is 370. The van der Waals surface area contributed by atoms with Gasteiger partial charge in [-0.2, -0.15) is 0 Å². The van der Waals surface area contributed by atoms with E-state index in [2.05, 4.69) is 5.32 Å². The van der Waals surface area contributed by atoms with Crippen molar-refractivity contribution in [3.05, 3.63) is 35.1 Å². The van der Waals surface area contributed by atoms with Gasteiger partial charge in [0, 0.05) is 30.7 Å². The van der Waals surface area contributed by atoms with Crippen molar-refractivity contribution in [1.29, 1.82) is 0 Å². The molecule has 0 fully saturated rings. The molecule has 0 heterocycles. The summed E-state index contributed by atoms with van der Waals surface area (Å²) in [7, 11) is 0. The van der Waals surface area contributed by atoms with Gasteiger partial charge in [0.2, 0.25) is 5.91 Å². The molecule has 1 aromatic carbocycles. The minimum atomic E-state index is -0.948. The summed E-state index contributed by atoms with van der Waals surface area (Å²) in [5, 5.41) is 2.48. The molecule has 0 aromatic heterocycles. The highest BCUT2D eigenvalue weighted by atomic mass is 19.1. The fourth-order valence-corrected chi connectivity index (χ4v) is 1.26. The molecule has 0 spiro atoms. The fourth-order valence-electron chi connectivity index (χ4n) is 1.26. The number of carbonyl (C=O) groups is 1. The van der Waals surface area contributed by atoms with E-state index in [4.69, 9.17) is 0 Å². The van der Waals surface area contributed by atoms with Crippen LogP contribution in [0.3, 0.4) is 0 Å². The first-order chi connectivity index (χ1) is 7.54. The molecule has 0 atom stereocenters. The molecular weight excluding hydrogens is 219 g/mol. The Kier molecular flexibility index (Phi) is 4.34. The summed E-state index contributed by atoms with van der Waals surface area (Å²) >= 11 is 0. The number of nitrogens with one attached hydrogen (secondary N) is 1. The van der Waals surface area contributed by atoms with Gasteiger partial charge in [0.25, 0.3) is 0 Å². The molecule has 0 unspecified atom stereocenters. The zero-order valence-corrected chi connectivity index (χ0v) is 8.82. The van der Waals surface area contributed by atoms with Crippen molar-refractivity contribution in [3.63, 3.8) is 0 Å². The van der Waals surface area contributed by atoms with E-state index in [0.29, 0.717) is 18.6 Å². The molecule has 1 amide bonds. The van der Waals surface area contributed by atoms with Crippen LogP contribution in [0.5, 0.6) is 0 Å². The quantitative estimate of drug-likeness (QED) is 0.845. The van der Waals surface area contributed by atoms with Crippen LogP contribution in [-0.4, -0.2) is 12.5 Å². The second-order valence-electron chi connectivity index (χ2n) is 3.30. The summed E-state index contributed by atoms with van der Waals surface area (Å²) in [6.07, 6.45) is 0.318. The third-order valence-corrected chi connectivity index (χ3v) is 2.12. The van der Waals surface area contributed by atoms with E-state index in [0.717, 1.165) is 0 Å². The normalized spacial score (nSPS) is 10.2. The van der Waals surface area contributed by atoms with Crippen LogP contribution in [0.1, 0.15) is 18.9 Å². The zero-order valence-electron chi connectivity index (χ0n) is 8.82. The third-order valence-electron chi connectivity index (χ3n) is 2.12. The van der Waals surface area contributed by atoms with Gasteiger partial charge in [0.1, 0.15) is 17.5 Å². The van der Waals surface area contributed by atoms with Gasteiger partial charge in [-0.05, 0) is 6.42 Å². The number of carbonyl (C=O) groups excluding carboxylic acids is 1. The Hall–Kier alpha value is -1.52. The first-order valence-corrected chi connectivity index (χ1v) is 4.94. The van der Waals surface area contributed by atoms with Gasteiger partial charge in [-0.15, -0.1) is 0 Å². The highest BCUT2D eigenvalue weighted by molar-refractivity contribution is 5.75. The van der Waals surface area contributed by atoms with Gasteiger partial charge in [-0.3, -0.25) is 4.79 Å². The number of hydrogen-bond donors (Lipinski definition) is 1. The second kappa shape index (κ2) is 5.53. The van der Waals surface area contributed by atoms with E-state index in [1.807, 2.05) is 0 Å². The molecular formula is C11H12F3NO. The van der Waals surface area contributed by atoms with Crippen LogP contribution in [0, 0.1) is 17.5 Å². The van der Waals surface area contributed by atoms with E-state index in [9.17, 15) is 18.0 Å². The van der Waals surface area contributed by atoms with Crippen LogP contribution < -0.4 is 5.32 Å². The van der Waals surface area contributed by atoms with E-state index in [1.165, 1.54) is 0 Å². The molecule has 2 nitrogen and oxygen atoms in total. The zero-order chi connectivity index (χ0) is 12.1. The molecule has 0 aliphatic rings. The second-order valence-corrected chi connectivity index (χ2v) is 3.30. The topological polar surface area (TPSA) is 29.1 Å². The summed E-state index contributed by atoms with van der Waals surface area (Å²) in [5.41, 5.74) is -0.210. The maximum absolute atomic E-state index is 13.1. The maximum Gasteiger partial charge on any atom is 0.219 e. The number of rotatable bonds is 4. The highest BCUT2D eigenvalue weighted by Crippen LogP contribution is 2.14. The van der Waals surface area contributed by atoms with Crippen LogP contribution in [-0.2, 0) is 11.2 Å². The van der Waals surface area contributed by atoms with Crippen LogP contribution >= 0.6 is 0 Å². The molecule has 16 heavy (non-hydrogen) atoms. The molecule has 5 heteroatoms. The first kappa shape index (κ1) is 12.5. The van der Waals surface area contributed by atoms with Crippen molar-refractivity contribution in [2.75, 3.05) is 6.54 Å². The van der Waals surface area contributed by atoms with Crippen LogP contribution in [0.25, 0.3) is 0 Å². The molecule has 0 radical (unpaired) electrons. The molecule has 88 valence electrons. The Labute approximate surface area is 91.5 Å². The van der Waals surface area contributed by atoms with Gasteiger partial charge in [-0.1, -0.05) is 6.92 Å². The van der Waals surface area contributed by atoms with Crippen molar-refractivity contribution in [2.45, 2.75) is 19.8 Å². The lowest BCUT2D eigenvalue weighted by Crippen LogP contribution is -2.25. The monoisotopic (exact) mass is 231 g/mol. The van der Waals surface area contributed by atoms with Crippen LogP contribution in [0.2, 0.25) is 0 Å². The average Bonchev–Trinajstić information content (AvgIpc) is 2.21. The summed E-state index contributed by atoms with van der Waals surface area (Å²) < 4.78 is 38.8. The average molecular weight is 231 g/mol. The SMILES string of the molecule is CCC(=O)NCCc1c(F)cc(F)cc1F. The Morgan fingerprint density at radius 2 is 1.81 bits per heavy atom. The number of amides is 1. The van der Waals surface area contributed by atoms with Gasteiger partial charge < -0.3 is 5.32 Å². The van der Waals surface area contributed by atoms with Crippen molar-refractivity contribution in [3.8, 4) is 0 Å². The maximum atomic E-state index is 13.1. The van der Waals surface area contributed by atoms with Crippen molar-refractivity contribution in [1.82, 2.24) is 5.32 Å². The van der Waals surface area contributed by atoms with E-state index in [1.54, 1.807) is 6.92 Å². The van der Waals surface area contributed by atoms with Gasteiger partial charge in [0.05, 0.1) is 0 Å². The van der Waals surface area contributed by atoms with Crippen molar-refractivity contribution >= 4 is 5.91 Å². The minimum absolute atomic E-state index is 0.00366. The van der Waals surface area contributed by atoms with Crippen molar-refractivity contribution in [2.24, 2.45) is 0 Å². The standard InChI is InChI=1S/C11H12F3NO/c1-2-11(16)15-4-3-8-9(13)5-7(12)6-10(8)14/h5-6H,2-4H2,1H3,(H,15,16). The lowest BCUT2D eigenvalue weighted by Gasteiger charge is -2.06. The third kappa shape index (κ3) is 3.25. The summed E-state index contributed by atoms with van der Waals surface area (Å²) in [6.45, 7) is 1.81. The van der Waals surface area contributed by atoms with Gasteiger partial charge in [-0.25, -0.2) is 13.2 Å². The molecule has 0 aliphatic heterocycles. The van der Waals surface area contributed by atoms with E-state index in [-0.39, 0.29) is 24.4 Å². The minimum Gasteiger partial charge on any atom is -0.356 e. The summed E-state index contributed by atoms with van der Waals surface area (Å²) in [4.78, 5) is 10.9. The predicted molar refractivity (Wildman–Crippen MR) is 53.3 cm³/mol. The number of benzene rings is 1. The first-order valence-electron chi connectivity index (χ1n) is 4.94. The molecule has 0 aliphatic carbocycles. The summed E-state index contributed by atoms with van der Waals surface area (Å²) in [5.74, 6) is -2.99. The van der Waals surface area contributed by atoms with Crippen LogP contribution in [0.15, 0.2) is 12.1 Å². The largest absolute Gasteiger partial charge is 0.356 e. The van der Waals surface area contributed by atoms with Crippen LogP contribution in [0.4, 0.5) is 13.2 Å². The fraction of sp³-hybridized carbons (Fsp3) is 0.364. The Morgan fingerprint density at radius 1 is 1.25 bits per heavy atom. The van der Waals surface area contributed by atoms with Gasteiger partial charge >= 0.3 is 0 Å². The molecule has 1 N–H and O–H groups in total. The molecule has 0 saturated heterocycles. The molecule has 1 aromatic rings. The van der Waals surface area contributed by atoms with E-state index >= 15 is 0 Å². The predicted octanol–water partition coefficient (Wildman–Crippen LogP) is 2.17. The molecule has 0 saturated carbocycles.